The van der Waals surface area contributed by atoms with Crippen molar-refractivity contribution in [1.29, 1.82) is 0 Å². The number of fused-ring (bicyclic) bond motifs is 2. The number of sulfone groups is 2. The molecule has 360 valence electrons. The van der Waals surface area contributed by atoms with Gasteiger partial charge in [0.25, 0.3) is 0 Å². The summed E-state index contributed by atoms with van der Waals surface area (Å²) in [5.41, 5.74) is 20.4. The van der Waals surface area contributed by atoms with Gasteiger partial charge in [-0.05, 0) is 41.8 Å². The lowest BCUT2D eigenvalue weighted by Crippen LogP contribution is -2.30. The van der Waals surface area contributed by atoms with E-state index in [-0.39, 0.29) is 67.8 Å². The van der Waals surface area contributed by atoms with Gasteiger partial charge in [0, 0.05) is 17.7 Å². The van der Waals surface area contributed by atoms with Crippen LogP contribution in [-0.2, 0) is 52.8 Å². The first kappa shape index (κ1) is 49.8. The molecule has 6 aromatic rings. The summed E-state index contributed by atoms with van der Waals surface area (Å²) in [6, 6.07) is 15.6. The van der Waals surface area contributed by atoms with Crippen LogP contribution in [0, 0.1) is 0 Å². The Labute approximate surface area is 388 Å². The Morgan fingerprint density at radius 3 is 1.34 bits per heavy atom. The fraction of sp³-hybridized carbons (Fsp3) is 0.282. The molecule has 2 aliphatic rings. The van der Waals surface area contributed by atoms with E-state index >= 15 is 0 Å². The van der Waals surface area contributed by atoms with Gasteiger partial charge in [-0.15, -0.1) is 10.2 Å². The van der Waals surface area contributed by atoms with Crippen LogP contribution >= 0.6 is 0 Å². The quantitative estimate of drug-likeness (QED) is 0.0643. The summed E-state index contributed by atoms with van der Waals surface area (Å²) in [7, 11) is -17.8. The van der Waals surface area contributed by atoms with Crippen molar-refractivity contribution in [3.63, 3.8) is 0 Å². The largest absolute Gasteiger partial charge is 0.392 e. The van der Waals surface area contributed by atoms with Crippen molar-refractivity contribution in [3.8, 4) is 22.3 Å². The van der Waals surface area contributed by atoms with Gasteiger partial charge in [-0.2, -0.15) is 10.2 Å². The van der Waals surface area contributed by atoms with Crippen LogP contribution in [-0.4, -0.2) is 119 Å². The molecule has 2 aliphatic heterocycles. The number of sulfonamides is 2. The molecule has 8 rings (SSSR count). The van der Waals surface area contributed by atoms with Crippen LogP contribution in [0.15, 0.2) is 111 Å². The molecule has 0 saturated heterocycles. The molecule has 0 spiro atoms. The molecule has 68 heavy (non-hydrogen) atoms. The fourth-order valence-corrected chi connectivity index (χ4v) is 13.6. The lowest BCUT2D eigenvalue weighted by atomic mass is 9.97. The summed E-state index contributed by atoms with van der Waals surface area (Å²) in [5, 5.41) is 46.3. The lowest BCUT2D eigenvalue weighted by molar-refractivity contribution is 0.193. The second-order valence-electron chi connectivity index (χ2n) is 15.1. The van der Waals surface area contributed by atoms with E-state index in [9.17, 15) is 43.9 Å². The smallest absolute Gasteiger partial charge is 0.240 e. The van der Waals surface area contributed by atoms with Crippen LogP contribution in [0.3, 0.4) is 0 Å². The highest BCUT2D eigenvalue weighted by atomic mass is 32.2. The number of hydrogen-bond acceptors (Lipinski definition) is 21. The van der Waals surface area contributed by atoms with Crippen molar-refractivity contribution in [3.05, 3.63) is 83.4 Å². The zero-order valence-electron chi connectivity index (χ0n) is 35.8. The molecular weight excluding hydrogens is 967 g/mol. The average Bonchev–Trinajstić information content (AvgIpc) is 4.14. The third-order valence-electron chi connectivity index (χ3n) is 10.5. The maximum absolute atomic E-state index is 13.1. The summed E-state index contributed by atoms with van der Waals surface area (Å²) in [4.78, 5) is 20.9. The number of H-pyrrole nitrogens is 2. The Morgan fingerprint density at radius 2 is 1.00 bits per heavy atom. The Kier molecular flexibility index (Phi) is 14.3. The molecule has 0 amide bonds. The van der Waals surface area contributed by atoms with Gasteiger partial charge in [0.1, 0.15) is 21.4 Å². The highest BCUT2D eigenvalue weighted by molar-refractivity contribution is 7.94. The molecule has 4 aromatic carbocycles. The van der Waals surface area contributed by atoms with E-state index in [1.165, 1.54) is 12.1 Å². The number of azo groups is 2. The SMILES string of the molecule is CC[C@H](O)CS(=O)(=O)c1ccc(-c2cccc3[nH]c(CN)nc23)c(C2=NCN=N2)c1S(N)(=O)=O.NCc1nc2c(-c3ccc(S(=O)(=O)C[C@H](O)CN)c(S(N)(=O)=O)c3C3=NCN=N3)cccc2[nH]1. The minimum Gasteiger partial charge on any atom is -0.392 e. The summed E-state index contributed by atoms with van der Waals surface area (Å²) < 4.78 is 104. The van der Waals surface area contributed by atoms with Gasteiger partial charge < -0.3 is 37.4 Å². The van der Waals surface area contributed by atoms with Gasteiger partial charge >= 0.3 is 0 Å². The predicted molar refractivity (Wildman–Crippen MR) is 250 cm³/mol. The molecule has 4 heterocycles. The van der Waals surface area contributed by atoms with E-state index in [4.69, 9.17) is 27.5 Å². The summed E-state index contributed by atoms with van der Waals surface area (Å²) in [6.07, 6.45) is -2.42. The Balaban J connectivity index is 0.000000201. The van der Waals surface area contributed by atoms with E-state index in [0.717, 1.165) is 12.1 Å². The molecular formula is C39H45N15O10S4. The monoisotopic (exact) mass is 1010 g/mol. The predicted octanol–water partition coefficient (Wildman–Crippen LogP) is 0.650. The van der Waals surface area contributed by atoms with Crippen molar-refractivity contribution in [2.24, 2.45) is 57.9 Å². The molecule has 0 radical (unpaired) electrons. The Bertz CT molecular complexity index is 3320. The number of rotatable bonds is 16. The number of aliphatic imine (C=N–C) groups is 2. The van der Waals surface area contributed by atoms with Crippen LogP contribution in [0.4, 0.5) is 0 Å². The first-order chi connectivity index (χ1) is 32.1. The average molecular weight is 1010 g/mol. The molecule has 25 nitrogen and oxygen atoms in total. The maximum atomic E-state index is 13.1. The number of primary sulfonamides is 2. The fourth-order valence-electron chi connectivity index (χ4n) is 7.46. The summed E-state index contributed by atoms with van der Waals surface area (Å²) >= 11 is 0. The van der Waals surface area contributed by atoms with Crippen LogP contribution < -0.4 is 27.5 Å². The topological polar surface area (TPSA) is 439 Å². The van der Waals surface area contributed by atoms with Crippen LogP contribution in [0.25, 0.3) is 44.3 Å². The number of para-hydroxylation sites is 2. The van der Waals surface area contributed by atoms with Gasteiger partial charge in [-0.25, -0.2) is 63.9 Å². The Hall–Kier alpha value is -6.12. The van der Waals surface area contributed by atoms with Crippen molar-refractivity contribution in [1.82, 2.24) is 19.9 Å². The number of nitrogens with one attached hydrogen (secondary N) is 2. The maximum Gasteiger partial charge on any atom is 0.240 e. The first-order valence-corrected chi connectivity index (χ1v) is 26.6. The van der Waals surface area contributed by atoms with Crippen molar-refractivity contribution >= 4 is 73.5 Å². The number of aliphatic hydroxyl groups is 2. The number of nitrogens with two attached hydrogens (primary N) is 5. The second-order valence-corrected chi connectivity index (χ2v) is 22.1. The highest BCUT2D eigenvalue weighted by Gasteiger charge is 2.36. The minimum absolute atomic E-state index is 0.0473. The van der Waals surface area contributed by atoms with Gasteiger partial charge in [-0.1, -0.05) is 43.3 Å². The van der Waals surface area contributed by atoms with Crippen LogP contribution in [0.5, 0.6) is 0 Å². The number of benzene rings is 4. The van der Waals surface area contributed by atoms with Crippen molar-refractivity contribution in [2.75, 3.05) is 31.4 Å². The molecule has 2 atom stereocenters. The number of aliphatic hydroxyl groups excluding tert-OH is 2. The van der Waals surface area contributed by atoms with Gasteiger partial charge in [0.2, 0.25) is 20.0 Å². The van der Waals surface area contributed by atoms with E-state index in [1.807, 2.05) is 0 Å². The Morgan fingerprint density at radius 1 is 0.588 bits per heavy atom. The van der Waals surface area contributed by atoms with E-state index < -0.39 is 83.0 Å². The third kappa shape index (κ3) is 10.0. The van der Waals surface area contributed by atoms with E-state index in [0.29, 0.717) is 50.4 Å². The van der Waals surface area contributed by atoms with Crippen molar-refractivity contribution < 1.29 is 43.9 Å². The zero-order chi connectivity index (χ0) is 49.3. The lowest BCUT2D eigenvalue weighted by Gasteiger charge is -2.18. The summed E-state index contributed by atoms with van der Waals surface area (Å²) in [6.45, 7) is 1.47. The molecule has 0 unspecified atom stereocenters. The molecule has 0 bridgehead atoms. The number of aromatic nitrogens is 4. The second kappa shape index (κ2) is 19.5. The summed E-state index contributed by atoms with van der Waals surface area (Å²) in [5.74, 6) is -0.619. The number of amidine groups is 2. The number of nitrogens with zero attached hydrogens (tertiary/aromatic N) is 8. The third-order valence-corrected chi connectivity index (χ3v) is 16.4. The van der Waals surface area contributed by atoms with E-state index in [1.54, 1.807) is 43.3 Å². The standard InChI is InChI=1S/C20H23N7O5S2.C19H22N8O5S2/c1-2-11(28)9-33(29,30)15-7-6-12(13-4-3-5-14-18(13)26-16(8-21)25-14)17(19(15)34(22,31)32)20-23-10-24-27-20;20-6-10(28)8-33(29,30)14-5-4-11(12-2-1-3-13-17(12)26-15(7-21)25-13)16(18(14)34(22,31)32)19-23-9-24-27-19/h3-7,11,28H,2,8-10,21H2,1H3,(H,25,26)(H2,22,31,32);1-5,10,28H,6-9,20-21H2,(H,25,26)(H2,22,31,32)/t11-;10-/m01/s1. The zero-order valence-corrected chi connectivity index (χ0v) is 39.1. The molecule has 0 aliphatic carbocycles. The number of imidazole rings is 2. The molecule has 14 N–H and O–H groups in total. The van der Waals surface area contributed by atoms with Gasteiger partial charge in [-0.3, -0.25) is 0 Å². The molecule has 2 aromatic heterocycles. The number of aromatic amines is 2. The first-order valence-electron chi connectivity index (χ1n) is 20.3. The van der Waals surface area contributed by atoms with Gasteiger partial charge in [0.15, 0.2) is 44.7 Å². The van der Waals surface area contributed by atoms with Crippen LogP contribution in [0.1, 0.15) is 36.1 Å². The minimum atomic E-state index is -4.63. The van der Waals surface area contributed by atoms with Crippen molar-refractivity contribution in [2.45, 2.75) is 58.2 Å². The van der Waals surface area contributed by atoms with Gasteiger partial charge in [0.05, 0.1) is 79.8 Å². The number of hydrogen-bond donors (Lipinski definition) is 9. The molecule has 0 saturated carbocycles. The highest BCUT2D eigenvalue weighted by Crippen LogP contribution is 2.40. The van der Waals surface area contributed by atoms with E-state index in [2.05, 4.69) is 50.4 Å². The normalized spacial score (nSPS) is 15.1. The molecule has 0 fully saturated rings. The molecule has 29 heteroatoms. The van der Waals surface area contributed by atoms with Crippen LogP contribution in [0.2, 0.25) is 0 Å².